The molecule has 8 heteroatoms. The van der Waals surface area contributed by atoms with Crippen LogP contribution in [-0.2, 0) is 11.3 Å². The molecule has 0 bridgehead atoms. The van der Waals surface area contributed by atoms with Crippen molar-refractivity contribution in [2.75, 3.05) is 32.8 Å². The third-order valence-corrected chi connectivity index (χ3v) is 7.30. The van der Waals surface area contributed by atoms with Crippen LogP contribution in [0, 0.1) is 5.41 Å². The summed E-state index contributed by atoms with van der Waals surface area (Å²) in [6.45, 7) is 4.05. The number of hydrogen-bond donors (Lipinski definition) is 2. The molecule has 2 aliphatic carbocycles. The molecule has 8 nitrogen and oxygen atoms in total. The maximum Gasteiger partial charge on any atom is 0.268 e. The lowest BCUT2D eigenvalue weighted by Crippen LogP contribution is -2.42. The summed E-state index contributed by atoms with van der Waals surface area (Å²) in [6.07, 6.45) is 8.35. The molecule has 166 valence electrons. The van der Waals surface area contributed by atoms with Crippen molar-refractivity contribution in [2.45, 2.75) is 51.1 Å². The van der Waals surface area contributed by atoms with Gasteiger partial charge in [-0.3, -0.25) is 19.1 Å². The smallest absolute Gasteiger partial charge is 0.268 e. The molecule has 1 aliphatic heterocycles. The average molecular weight is 427 g/mol. The van der Waals surface area contributed by atoms with Crippen molar-refractivity contribution < 1.29 is 14.6 Å². The van der Waals surface area contributed by atoms with Gasteiger partial charge in [0.1, 0.15) is 17.0 Å². The van der Waals surface area contributed by atoms with Crippen LogP contribution in [0.5, 0.6) is 5.75 Å². The normalized spacial score (nSPS) is 21.4. The number of rotatable bonds is 5. The Kier molecular flexibility index (Phi) is 5.44. The van der Waals surface area contributed by atoms with Crippen LogP contribution in [0.25, 0.3) is 11.0 Å². The van der Waals surface area contributed by atoms with Crippen LogP contribution in [0.4, 0.5) is 0 Å². The van der Waals surface area contributed by atoms with E-state index < -0.39 is 11.5 Å². The fraction of sp³-hybridized carbons (Fsp3) is 0.609. The van der Waals surface area contributed by atoms with E-state index in [2.05, 4.69) is 15.2 Å². The van der Waals surface area contributed by atoms with Gasteiger partial charge in [-0.25, -0.2) is 4.98 Å². The lowest BCUT2D eigenvalue weighted by Gasteiger charge is -2.29. The zero-order valence-corrected chi connectivity index (χ0v) is 17.8. The fourth-order valence-corrected chi connectivity index (χ4v) is 5.05. The third-order valence-electron chi connectivity index (χ3n) is 7.30. The Balaban J connectivity index is 1.41. The van der Waals surface area contributed by atoms with E-state index in [1.807, 2.05) is 0 Å². The van der Waals surface area contributed by atoms with Gasteiger partial charge in [0, 0.05) is 38.4 Å². The largest absolute Gasteiger partial charge is 0.506 e. The fourth-order valence-electron chi connectivity index (χ4n) is 5.05. The molecule has 31 heavy (non-hydrogen) atoms. The average Bonchev–Trinajstić information content (AvgIpc) is 3.55. The molecule has 0 unspecified atom stereocenters. The first-order valence-electron chi connectivity index (χ1n) is 11.4. The number of fused-ring (bicyclic) bond motifs is 1. The molecule has 3 heterocycles. The Hall–Kier alpha value is -2.45. The monoisotopic (exact) mass is 426 g/mol. The number of morpholine rings is 1. The summed E-state index contributed by atoms with van der Waals surface area (Å²) in [6, 6.07) is 3.47. The molecule has 3 fully saturated rings. The van der Waals surface area contributed by atoms with E-state index >= 15 is 0 Å². The molecule has 2 N–H and O–H groups in total. The van der Waals surface area contributed by atoms with Crippen molar-refractivity contribution in [1.29, 1.82) is 0 Å². The molecule has 1 amide bonds. The van der Waals surface area contributed by atoms with Crippen molar-refractivity contribution in [3.63, 3.8) is 0 Å². The predicted octanol–water partition coefficient (Wildman–Crippen LogP) is 1.89. The molecular formula is C23H30N4O4. The van der Waals surface area contributed by atoms with Crippen molar-refractivity contribution in [2.24, 2.45) is 5.41 Å². The number of pyridine rings is 2. The third kappa shape index (κ3) is 4.06. The summed E-state index contributed by atoms with van der Waals surface area (Å²) in [5, 5.41) is 14.3. The number of carbonyl (C=O) groups is 1. The summed E-state index contributed by atoms with van der Waals surface area (Å²) >= 11 is 0. The number of aromatic hydroxyl groups is 1. The number of nitrogens with zero attached hydrogens (tertiary/aromatic N) is 3. The number of hydrogen-bond acceptors (Lipinski definition) is 6. The molecule has 1 saturated heterocycles. The highest BCUT2D eigenvalue weighted by atomic mass is 16.5. The molecule has 5 rings (SSSR count). The first-order chi connectivity index (χ1) is 15.1. The van der Waals surface area contributed by atoms with E-state index in [9.17, 15) is 14.7 Å². The van der Waals surface area contributed by atoms with Crippen LogP contribution in [-0.4, -0.2) is 64.4 Å². The van der Waals surface area contributed by atoms with E-state index in [1.54, 1.807) is 18.3 Å². The molecule has 2 aromatic rings. The maximum absolute atomic E-state index is 13.3. The summed E-state index contributed by atoms with van der Waals surface area (Å²) in [4.78, 5) is 33.0. The standard InChI is InChI=1S/C23H30N4O4/c28-19-17-2-1-9-24-20(17)27(11-10-26-12-14-31-15-13-26)22(30)18(19)21(29)25-16-3-5-23(6-4-16)7-8-23/h1-2,9,16,28H,3-8,10-15H2,(H,25,29). The molecule has 0 radical (unpaired) electrons. The van der Waals surface area contributed by atoms with E-state index in [4.69, 9.17) is 4.74 Å². The molecule has 2 saturated carbocycles. The Morgan fingerprint density at radius 3 is 2.65 bits per heavy atom. The minimum atomic E-state index is -0.482. The van der Waals surface area contributed by atoms with Gasteiger partial charge >= 0.3 is 0 Å². The second kappa shape index (κ2) is 8.24. The summed E-state index contributed by atoms with van der Waals surface area (Å²) in [5.41, 5.74) is 0.283. The van der Waals surface area contributed by atoms with Gasteiger partial charge in [-0.15, -0.1) is 0 Å². The maximum atomic E-state index is 13.3. The van der Waals surface area contributed by atoms with Gasteiger partial charge in [0.25, 0.3) is 11.5 Å². The van der Waals surface area contributed by atoms with Crippen LogP contribution in [0.15, 0.2) is 23.1 Å². The van der Waals surface area contributed by atoms with E-state index in [0.717, 1.165) is 38.8 Å². The van der Waals surface area contributed by atoms with Gasteiger partial charge in [0.05, 0.1) is 18.6 Å². The van der Waals surface area contributed by atoms with Gasteiger partial charge in [-0.05, 0) is 56.1 Å². The highest BCUT2D eigenvalue weighted by Crippen LogP contribution is 2.56. The zero-order chi connectivity index (χ0) is 21.4. The first kappa shape index (κ1) is 20.5. The molecule has 2 aromatic heterocycles. The number of aromatic nitrogens is 2. The quantitative estimate of drug-likeness (QED) is 0.758. The lowest BCUT2D eigenvalue weighted by atomic mass is 9.83. The predicted molar refractivity (Wildman–Crippen MR) is 116 cm³/mol. The number of ether oxygens (including phenoxy) is 1. The lowest BCUT2D eigenvalue weighted by molar-refractivity contribution is 0.0364. The Bertz CT molecular complexity index is 1030. The van der Waals surface area contributed by atoms with E-state index in [0.29, 0.717) is 42.8 Å². The number of nitrogens with one attached hydrogen (secondary N) is 1. The van der Waals surface area contributed by atoms with Crippen LogP contribution in [0.2, 0.25) is 0 Å². The van der Waals surface area contributed by atoms with Gasteiger partial charge in [-0.2, -0.15) is 0 Å². The van der Waals surface area contributed by atoms with E-state index in [-0.39, 0.29) is 17.4 Å². The molecule has 1 spiro atoms. The summed E-state index contributed by atoms with van der Waals surface area (Å²) in [7, 11) is 0. The van der Waals surface area contributed by atoms with Crippen molar-refractivity contribution >= 4 is 16.9 Å². The number of amides is 1. The Morgan fingerprint density at radius 1 is 1.19 bits per heavy atom. The van der Waals surface area contributed by atoms with Crippen LogP contribution in [0.3, 0.4) is 0 Å². The second-order valence-electron chi connectivity index (χ2n) is 9.26. The molecular weight excluding hydrogens is 396 g/mol. The SMILES string of the molecule is O=C(NC1CCC2(CC1)CC2)c1c(O)c2cccnc2n(CCN2CCOCC2)c1=O. The van der Waals surface area contributed by atoms with Crippen molar-refractivity contribution in [3.8, 4) is 5.75 Å². The van der Waals surface area contributed by atoms with Gasteiger partial charge < -0.3 is 15.2 Å². The first-order valence-corrected chi connectivity index (χ1v) is 11.4. The second-order valence-corrected chi connectivity index (χ2v) is 9.26. The van der Waals surface area contributed by atoms with Gasteiger partial charge in [0.2, 0.25) is 0 Å². The minimum Gasteiger partial charge on any atom is -0.506 e. The van der Waals surface area contributed by atoms with Gasteiger partial charge in [-0.1, -0.05) is 0 Å². The zero-order valence-electron chi connectivity index (χ0n) is 17.8. The van der Waals surface area contributed by atoms with Crippen LogP contribution in [0.1, 0.15) is 48.9 Å². The van der Waals surface area contributed by atoms with Gasteiger partial charge in [0.15, 0.2) is 0 Å². The summed E-state index contributed by atoms with van der Waals surface area (Å²) in [5.74, 6) is -0.757. The Morgan fingerprint density at radius 2 is 1.94 bits per heavy atom. The van der Waals surface area contributed by atoms with Crippen LogP contribution >= 0.6 is 0 Å². The molecule has 0 aromatic carbocycles. The number of carbonyl (C=O) groups excluding carboxylic acids is 1. The highest BCUT2D eigenvalue weighted by Gasteiger charge is 2.45. The van der Waals surface area contributed by atoms with E-state index in [1.165, 1.54) is 17.4 Å². The Labute approximate surface area is 181 Å². The highest BCUT2D eigenvalue weighted by molar-refractivity contribution is 6.01. The molecule has 0 atom stereocenters. The minimum absolute atomic E-state index is 0.0592. The van der Waals surface area contributed by atoms with Crippen molar-refractivity contribution in [3.05, 3.63) is 34.2 Å². The topological polar surface area (TPSA) is 96.7 Å². The summed E-state index contributed by atoms with van der Waals surface area (Å²) < 4.78 is 6.92. The van der Waals surface area contributed by atoms with Crippen molar-refractivity contribution in [1.82, 2.24) is 19.8 Å². The van der Waals surface area contributed by atoms with Crippen LogP contribution < -0.4 is 10.9 Å². The molecule has 3 aliphatic rings.